The second kappa shape index (κ2) is 15.3. The molecular weight excluding hydrogens is 462 g/mol. The van der Waals surface area contributed by atoms with Crippen LogP contribution in [-0.2, 0) is 25.6 Å². The minimum absolute atomic E-state index is 0.0457. The van der Waals surface area contributed by atoms with Gasteiger partial charge in [-0.2, -0.15) is 12.6 Å². The number of nitrogens with zero attached hydrogens (tertiary/aromatic N) is 1. The molecule has 0 aliphatic carbocycles. The summed E-state index contributed by atoms with van der Waals surface area (Å²) in [6.07, 6.45) is 4.91. The van der Waals surface area contributed by atoms with Gasteiger partial charge in [-0.1, -0.05) is 20.3 Å². The van der Waals surface area contributed by atoms with E-state index in [1.165, 1.54) is 12.5 Å². The van der Waals surface area contributed by atoms with Crippen molar-refractivity contribution in [3.8, 4) is 0 Å². The lowest BCUT2D eigenvalue weighted by Crippen LogP contribution is -2.59. The first kappa shape index (κ1) is 29.4. The number of carbonyl (C=O) groups is 4. The molecule has 0 aliphatic rings. The van der Waals surface area contributed by atoms with E-state index in [0.717, 1.165) is 0 Å². The van der Waals surface area contributed by atoms with Crippen LogP contribution < -0.4 is 27.4 Å². The molecule has 0 saturated heterocycles. The third-order valence-electron chi connectivity index (χ3n) is 5.50. The van der Waals surface area contributed by atoms with Crippen molar-refractivity contribution in [2.75, 3.05) is 12.3 Å². The molecule has 3 amide bonds. The molecule has 0 bridgehead atoms. The number of aromatic nitrogens is 2. The molecule has 0 fully saturated rings. The van der Waals surface area contributed by atoms with E-state index in [4.69, 9.17) is 11.5 Å². The van der Waals surface area contributed by atoms with Crippen molar-refractivity contribution in [2.45, 2.75) is 70.1 Å². The highest BCUT2D eigenvalue weighted by Gasteiger charge is 2.32. The molecule has 0 aromatic carbocycles. The summed E-state index contributed by atoms with van der Waals surface area (Å²) >= 11 is 4.01. The van der Waals surface area contributed by atoms with Crippen LogP contribution in [0.2, 0.25) is 0 Å². The monoisotopic (exact) mass is 499 g/mol. The zero-order valence-corrected chi connectivity index (χ0v) is 20.5. The average Bonchev–Trinajstić information content (AvgIpc) is 3.33. The topological polar surface area (TPSA) is 205 Å². The SMILES string of the molecule is CCC(C)C(NC(=O)C(N)CS)C(=O)NC(Cc1cnc[nH]1)C(=O)NC(CCCCN)C(=O)O. The summed E-state index contributed by atoms with van der Waals surface area (Å²) in [6.45, 7) is 4.07. The number of carboxylic acid groups (broad SMARTS) is 1. The Morgan fingerprint density at radius 1 is 1.12 bits per heavy atom. The molecule has 5 atom stereocenters. The van der Waals surface area contributed by atoms with Gasteiger partial charge >= 0.3 is 5.97 Å². The number of carbonyl (C=O) groups excluding carboxylic acids is 3. The van der Waals surface area contributed by atoms with E-state index in [2.05, 4.69) is 38.5 Å². The molecule has 0 spiro atoms. The van der Waals surface area contributed by atoms with Crippen LogP contribution in [0, 0.1) is 5.92 Å². The fourth-order valence-electron chi connectivity index (χ4n) is 3.15. The van der Waals surface area contributed by atoms with Crippen LogP contribution >= 0.6 is 12.6 Å². The predicted octanol–water partition coefficient (Wildman–Crippen LogP) is -1.08. The van der Waals surface area contributed by atoms with E-state index in [-0.39, 0.29) is 24.5 Å². The normalized spacial score (nSPS) is 15.4. The molecule has 0 radical (unpaired) electrons. The Morgan fingerprint density at radius 3 is 2.32 bits per heavy atom. The first-order chi connectivity index (χ1) is 16.1. The second-order valence-electron chi connectivity index (χ2n) is 8.19. The summed E-state index contributed by atoms with van der Waals surface area (Å²) in [5.41, 5.74) is 11.8. The minimum atomic E-state index is -1.18. The lowest BCUT2D eigenvalue weighted by molar-refractivity contribution is -0.142. The molecule has 1 rings (SSSR count). The lowest BCUT2D eigenvalue weighted by Gasteiger charge is -2.27. The zero-order valence-electron chi connectivity index (χ0n) is 19.6. The van der Waals surface area contributed by atoms with E-state index in [0.29, 0.717) is 31.5 Å². The summed E-state index contributed by atoms with van der Waals surface area (Å²) < 4.78 is 0. The van der Waals surface area contributed by atoms with Crippen molar-refractivity contribution in [2.24, 2.45) is 17.4 Å². The first-order valence-electron chi connectivity index (χ1n) is 11.3. The van der Waals surface area contributed by atoms with Crippen LogP contribution in [0.3, 0.4) is 0 Å². The minimum Gasteiger partial charge on any atom is -0.480 e. The van der Waals surface area contributed by atoms with Gasteiger partial charge in [0.1, 0.15) is 18.1 Å². The molecule has 5 unspecified atom stereocenters. The molecule has 1 aromatic heterocycles. The Hall–Kier alpha value is -2.64. The molecule has 0 saturated carbocycles. The maximum Gasteiger partial charge on any atom is 0.326 e. The number of unbranched alkanes of at least 4 members (excludes halogenated alkanes) is 1. The number of carboxylic acids is 1. The van der Waals surface area contributed by atoms with Gasteiger partial charge in [0.15, 0.2) is 0 Å². The number of imidazole rings is 1. The van der Waals surface area contributed by atoms with E-state index in [1.54, 1.807) is 6.92 Å². The fraction of sp³-hybridized carbons (Fsp3) is 0.667. The van der Waals surface area contributed by atoms with Gasteiger partial charge in [-0.3, -0.25) is 14.4 Å². The fourth-order valence-corrected chi connectivity index (χ4v) is 3.32. The number of hydrogen-bond donors (Lipinski definition) is 8. The van der Waals surface area contributed by atoms with Gasteiger partial charge in [-0.15, -0.1) is 0 Å². The molecule has 34 heavy (non-hydrogen) atoms. The molecule has 192 valence electrons. The Kier molecular flexibility index (Phi) is 13.2. The number of aliphatic carboxylic acids is 1. The highest BCUT2D eigenvalue weighted by molar-refractivity contribution is 7.80. The number of thiol groups is 1. The Labute approximate surface area is 204 Å². The van der Waals surface area contributed by atoms with Crippen molar-refractivity contribution in [3.63, 3.8) is 0 Å². The highest BCUT2D eigenvalue weighted by Crippen LogP contribution is 2.10. The van der Waals surface area contributed by atoms with E-state index in [1.807, 2.05) is 6.92 Å². The lowest BCUT2D eigenvalue weighted by atomic mass is 9.97. The summed E-state index contributed by atoms with van der Waals surface area (Å²) in [7, 11) is 0. The molecule has 13 heteroatoms. The number of hydrogen-bond acceptors (Lipinski definition) is 8. The van der Waals surface area contributed by atoms with Crippen LogP contribution in [0.1, 0.15) is 45.2 Å². The van der Waals surface area contributed by atoms with Gasteiger partial charge < -0.3 is 37.5 Å². The van der Waals surface area contributed by atoms with E-state index >= 15 is 0 Å². The van der Waals surface area contributed by atoms with Crippen molar-refractivity contribution in [1.29, 1.82) is 0 Å². The standard InChI is InChI=1S/C21H37N7O5S/c1-3-12(2)17(28-18(29)14(23)10-34)20(31)27-16(8-13-9-24-11-25-13)19(30)26-15(21(32)33)6-4-5-7-22/h9,11-12,14-17,34H,3-8,10,22-23H2,1-2H3,(H,24,25)(H,26,30)(H,27,31)(H,28,29)(H,32,33). The van der Waals surface area contributed by atoms with Crippen LogP contribution in [0.4, 0.5) is 0 Å². The van der Waals surface area contributed by atoms with Crippen LogP contribution in [0.5, 0.6) is 0 Å². The van der Waals surface area contributed by atoms with Gasteiger partial charge in [0.05, 0.1) is 12.4 Å². The summed E-state index contributed by atoms with van der Waals surface area (Å²) in [4.78, 5) is 56.9. The van der Waals surface area contributed by atoms with Gasteiger partial charge in [0.25, 0.3) is 0 Å². The van der Waals surface area contributed by atoms with Gasteiger partial charge in [0.2, 0.25) is 17.7 Å². The maximum absolute atomic E-state index is 13.1. The molecule has 9 N–H and O–H groups in total. The van der Waals surface area contributed by atoms with Crippen molar-refractivity contribution >= 4 is 36.3 Å². The summed E-state index contributed by atoms with van der Waals surface area (Å²) in [5.74, 6) is -3.10. The molecule has 0 aliphatic heterocycles. The third-order valence-corrected chi connectivity index (χ3v) is 5.89. The number of amides is 3. The molecule has 1 heterocycles. The average molecular weight is 500 g/mol. The van der Waals surface area contributed by atoms with Crippen LogP contribution in [0.15, 0.2) is 12.5 Å². The predicted molar refractivity (Wildman–Crippen MR) is 130 cm³/mol. The molecule has 1 aromatic rings. The molecule has 12 nitrogen and oxygen atoms in total. The molecular formula is C21H37N7O5S. The van der Waals surface area contributed by atoms with E-state index in [9.17, 15) is 24.3 Å². The van der Waals surface area contributed by atoms with Gasteiger partial charge in [-0.25, -0.2) is 9.78 Å². The second-order valence-corrected chi connectivity index (χ2v) is 8.55. The Bertz CT molecular complexity index is 792. The zero-order chi connectivity index (χ0) is 25.7. The maximum atomic E-state index is 13.1. The van der Waals surface area contributed by atoms with Crippen LogP contribution in [-0.4, -0.2) is 75.2 Å². The van der Waals surface area contributed by atoms with Crippen molar-refractivity contribution < 1.29 is 24.3 Å². The first-order valence-corrected chi connectivity index (χ1v) is 11.9. The third kappa shape index (κ3) is 9.69. The van der Waals surface area contributed by atoms with Crippen molar-refractivity contribution in [3.05, 3.63) is 18.2 Å². The Morgan fingerprint density at radius 2 is 1.79 bits per heavy atom. The summed E-state index contributed by atoms with van der Waals surface area (Å²) in [5, 5.41) is 17.3. The van der Waals surface area contributed by atoms with Crippen LogP contribution in [0.25, 0.3) is 0 Å². The van der Waals surface area contributed by atoms with E-state index < -0.39 is 47.9 Å². The van der Waals surface area contributed by atoms with Gasteiger partial charge in [-0.05, 0) is 31.7 Å². The Balaban J connectivity index is 3.04. The number of nitrogens with one attached hydrogen (secondary N) is 4. The number of rotatable bonds is 16. The number of nitrogens with two attached hydrogens (primary N) is 2. The smallest absolute Gasteiger partial charge is 0.326 e. The number of aromatic amines is 1. The largest absolute Gasteiger partial charge is 0.480 e. The van der Waals surface area contributed by atoms with Gasteiger partial charge in [0, 0.05) is 24.1 Å². The quantitative estimate of drug-likeness (QED) is 0.103. The highest BCUT2D eigenvalue weighted by atomic mass is 32.1. The number of H-pyrrole nitrogens is 1. The van der Waals surface area contributed by atoms with Crippen molar-refractivity contribution in [1.82, 2.24) is 25.9 Å². The summed E-state index contributed by atoms with van der Waals surface area (Å²) in [6, 6.07) is -4.07.